The predicted octanol–water partition coefficient (Wildman–Crippen LogP) is 2.91. The van der Waals surface area contributed by atoms with Crippen molar-refractivity contribution in [1.82, 2.24) is 19.2 Å². The lowest BCUT2D eigenvalue weighted by Crippen LogP contribution is -2.16. The summed E-state index contributed by atoms with van der Waals surface area (Å²) in [4.78, 5) is 29.2. The first-order valence-electron chi connectivity index (χ1n) is 8.61. The highest BCUT2D eigenvalue weighted by atomic mass is 16.5. The number of hydrogen-bond donors (Lipinski definition) is 0. The van der Waals surface area contributed by atoms with Crippen LogP contribution < -0.4 is 0 Å². The summed E-state index contributed by atoms with van der Waals surface area (Å²) in [6.07, 6.45) is 4.28. The van der Waals surface area contributed by atoms with Crippen molar-refractivity contribution < 1.29 is 14.3 Å². The summed E-state index contributed by atoms with van der Waals surface area (Å²) in [5, 5.41) is 4.23. The molecule has 0 spiro atoms. The molecule has 0 fully saturated rings. The van der Waals surface area contributed by atoms with Crippen molar-refractivity contribution in [3.63, 3.8) is 0 Å². The molecule has 136 valence electrons. The maximum Gasteiger partial charge on any atom is 0.344 e. The van der Waals surface area contributed by atoms with Crippen molar-refractivity contribution in [3.05, 3.63) is 52.7 Å². The molecule has 0 saturated heterocycles. The zero-order valence-corrected chi connectivity index (χ0v) is 15.4. The van der Waals surface area contributed by atoms with E-state index in [1.807, 2.05) is 19.9 Å². The number of nitrogens with zero attached hydrogens (tertiary/aromatic N) is 4. The van der Waals surface area contributed by atoms with Crippen LogP contribution >= 0.6 is 0 Å². The lowest BCUT2D eigenvalue weighted by molar-refractivity contribution is 0.0475. The van der Waals surface area contributed by atoms with Crippen LogP contribution in [0.25, 0.3) is 5.65 Å². The number of esters is 1. The van der Waals surface area contributed by atoms with E-state index in [1.165, 1.54) is 4.52 Å². The molecule has 0 unspecified atom stereocenters. The number of carbonyl (C=O) groups excluding carboxylic acids is 2. The average Bonchev–Trinajstić information content (AvgIpc) is 3.10. The molecule has 26 heavy (non-hydrogen) atoms. The molecule has 0 radical (unpaired) electrons. The third-order valence-corrected chi connectivity index (χ3v) is 4.43. The van der Waals surface area contributed by atoms with Gasteiger partial charge in [0.05, 0.1) is 5.69 Å². The summed E-state index contributed by atoms with van der Waals surface area (Å²) in [7, 11) is 0. The van der Waals surface area contributed by atoms with Gasteiger partial charge in [0.15, 0.2) is 12.3 Å². The summed E-state index contributed by atoms with van der Waals surface area (Å²) in [5.74, 6) is -0.803. The Balaban J connectivity index is 1.76. The summed E-state index contributed by atoms with van der Waals surface area (Å²) >= 11 is 0. The first-order valence-corrected chi connectivity index (χ1v) is 8.61. The Labute approximate surface area is 151 Å². The molecule has 0 aliphatic carbocycles. The molecule has 0 atom stereocenters. The molecular formula is C19H22N4O3. The maximum absolute atomic E-state index is 12.5. The van der Waals surface area contributed by atoms with E-state index in [4.69, 9.17) is 4.74 Å². The number of hydrogen-bond acceptors (Lipinski definition) is 5. The number of Topliss-reactive ketones (excluding diaryl/α,β-unsaturated/α-hetero) is 1. The number of rotatable bonds is 6. The van der Waals surface area contributed by atoms with Gasteiger partial charge >= 0.3 is 5.97 Å². The fourth-order valence-corrected chi connectivity index (χ4v) is 3.17. The Morgan fingerprint density at radius 2 is 2.00 bits per heavy atom. The fraction of sp³-hybridized carbons (Fsp3) is 0.368. The minimum Gasteiger partial charge on any atom is -0.454 e. The van der Waals surface area contributed by atoms with Gasteiger partial charge in [-0.1, -0.05) is 6.92 Å². The molecule has 3 aromatic rings. The molecule has 0 aliphatic rings. The van der Waals surface area contributed by atoms with E-state index < -0.39 is 5.97 Å². The fourth-order valence-electron chi connectivity index (χ4n) is 3.17. The Bertz CT molecular complexity index is 984. The normalized spacial score (nSPS) is 11.1. The zero-order valence-electron chi connectivity index (χ0n) is 15.4. The molecule has 0 aliphatic heterocycles. The maximum atomic E-state index is 12.5. The lowest BCUT2D eigenvalue weighted by Gasteiger charge is -2.08. The highest BCUT2D eigenvalue weighted by Crippen LogP contribution is 2.18. The van der Waals surface area contributed by atoms with Gasteiger partial charge in [0.25, 0.3) is 0 Å². The van der Waals surface area contributed by atoms with Crippen LogP contribution in [0.4, 0.5) is 0 Å². The van der Waals surface area contributed by atoms with Crippen LogP contribution in [0.2, 0.25) is 0 Å². The van der Waals surface area contributed by atoms with Gasteiger partial charge in [-0.05, 0) is 39.3 Å². The van der Waals surface area contributed by atoms with E-state index in [0.717, 1.165) is 24.4 Å². The Kier molecular flexibility index (Phi) is 4.88. The van der Waals surface area contributed by atoms with Crippen LogP contribution in [-0.4, -0.2) is 37.5 Å². The molecule has 7 heteroatoms. The molecule has 3 rings (SSSR count). The smallest absolute Gasteiger partial charge is 0.344 e. The van der Waals surface area contributed by atoms with Gasteiger partial charge in [-0.25, -0.2) is 14.3 Å². The average molecular weight is 354 g/mol. The van der Waals surface area contributed by atoms with Gasteiger partial charge < -0.3 is 9.30 Å². The summed E-state index contributed by atoms with van der Waals surface area (Å²) in [6.45, 7) is 8.24. The molecule has 0 amide bonds. The van der Waals surface area contributed by atoms with E-state index in [9.17, 15) is 9.59 Å². The van der Waals surface area contributed by atoms with Crippen molar-refractivity contribution in [1.29, 1.82) is 0 Å². The van der Waals surface area contributed by atoms with Gasteiger partial charge in [0, 0.05) is 35.9 Å². The number of carbonyl (C=O) groups is 2. The Morgan fingerprint density at radius 1 is 1.23 bits per heavy atom. The Hall–Kier alpha value is -2.96. The zero-order chi connectivity index (χ0) is 18.8. The topological polar surface area (TPSA) is 78.5 Å². The number of aryl methyl sites for hydroxylation is 2. The summed E-state index contributed by atoms with van der Waals surface area (Å²) < 4.78 is 8.89. The third kappa shape index (κ3) is 3.12. The molecule has 0 N–H and O–H groups in total. The second-order valence-corrected chi connectivity index (χ2v) is 6.28. The highest BCUT2D eigenvalue weighted by Gasteiger charge is 2.22. The van der Waals surface area contributed by atoms with E-state index >= 15 is 0 Å². The van der Waals surface area contributed by atoms with E-state index in [2.05, 4.69) is 21.6 Å². The molecule has 0 aromatic carbocycles. The molecule has 3 heterocycles. The molecule has 3 aromatic heterocycles. The largest absolute Gasteiger partial charge is 0.454 e. The van der Waals surface area contributed by atoms with Crippen molar-refractivity contribution in [2.45, 2.75) is 40.7 Å². The van der Waals surface area contributed by atoms with Crippen molar-refractivity contribution in [3.8, 4) is 0 Å². The first-order chi connectivity index (χ1) is 12.4. The SMILES string of the molecule is CCCn1c(C)cc(C(=O)COC(=O)c2c(C)nn3cccnc23)c1C. The van der Waals surface area contributed by atoms with Crippen LogP contribution in [0.1, 0.15) is 51.1 Å². The van der Waals surface area contributed by atoms with Crippen LogP contribution in [0.15, 0.2) is 24.5 Å². The third-order valence-electron chi connectivity index (χ3n) is 4.43. The predicted molar refractivity (Wildman–Crippen MR) is 96.5 cm³/mol. The minimum absolute atomic E-state index is 0.212. The van der Waals surface area contributed by atoms with Crippen molar-refractivity contribution >= 4 is 17.4 Å². The van der Waals surface area contributed by atoms with Crippen molar-refractivity contribution in [2.24, 2.45) is 0 Å². The number of aromatic nitrogens is 4. The summed E-state index contributed by atoms with van der Waals surface area (Å²) in [6, 6.07) is 3.58. The van der Waals surface area contributed by atoms with Gasteiger partial charge in [-0.3, -0.25) is 4.79 Å². The summed E-state index contributed by atoms with van der Waals surface area (Å²) in [5.41, 5.74) is 3.75. The minimum atomic E-state index is -0.591. The second kappa shape index (κ2) is 7.11. The standard InChI is InChI=1S/C19H22N4O3/c1-5-8-22-12(2)10-15(14(22)4)16(24)11-26-19(25)17-13(3)21-23-9-6-7-20-18(17)23/h6-7,9-10H,5,8,11H2,1-4H3. The first kappa shape index (κ1) is 17.8. The van der Waals surface area contributed by atoms with E-state index in [1.54, 1.807) is 25.4 Å². The second-order valence-electron chi connectivity index (χ2n) is 6.28. The van der Waals surface area contributed by atoms with Crippen LogP contribution in [0.3, 0.4) is 0 Å². The van der Waals surface area contributed by atoms with Gasteiger partial charge in [0.2, 0.25) is 5.78 Å². The van der Waals surface area contributed by atoms with Gasteiger partial charge in [-0.2, -0.15) is 5.10 Å². The van der Waals surface area contributed by atoms with Crippen molar-refractivity contribution in [2.75, 3.05) is 6.61 Å². The number of fused-ring (bicyclic) bond motifs is 1. The van der Waals surface area contributed by atoms with Gasteiger partial charge in [0.1, 0.15) is 5.56 Å². The van der Waals surface area contributed by atoms with E-state index in [0.29, 0.717) is 16.9 Å². The molecule has 0 bridgehead atoms. The van der Waals surface area contributed by atoms with Gasteiger partial charge in [-0.15, -0.1) is 0 Å². The number of ketones is 1. The van der Waals surface area contributed by atoms with Crippen LogP contribution in [0, 0.1) is 20.8 Å². The monoisotopic (exact) mass is 354 g/mol. The Morgan fingerprint density at radius 3 is 2.73 bits per heavy atom. The lowest BCUT2D eigenvalue weighted by atomic mass is 10.1. The molecule has 0 saturated carbocycles. The highest BCUT2D eigenvalue weighted by molar-refractivity contribution is 6.02. The molecule has 7 nitrogen and oxygen atoms in total. The quantitative estimate of drug-likeness (QED) is 0.502. The number of ether oxygens (including phenoxy) is 1. The van der Waals surface area contributed by atoms with E-state index in [-0.39, 0.29) is 18.0 Å². The van der Waals surface area contributed by atoms with Crippen LogP contribution in [0.5, 0.6) is 0 Å². The van der Waals surface area contributed by atoms with Crippen LogP contribution in [-0.2, 0) is 11.3 Å². The molecular weight excluding hydrogens is 332 g/mol.